The van der Waals surface area contributed by atoms with E-state index in [-0.39, 0.29) is 11.7 Å². The normalized spacial score (nSPS) is 17.2. The number of nitrogens with zero attached hydrogens (tertiary/aromatic N) is 1. The summed E-state index contributed by atoms with van der Waals surface area (Å²) in [5.41, 5.74) is 1.87. The van der Waals surface area contributed by atoms with Gasteiger partial charge in [-0.15, -0.1) is 11.3 Å². The zero-order chi connectivity index (χ0) is 14.7. The molecule has 104 valence electrons. The van der Waals surface area contributed by atoms with Crippen molar-refractivity contribution in [3.63, 3.8) is 0 Å². The van der Waals surface area contributed by atoms with Crippen LogP contribution in [0.3, 0.4) is 0 Å². The highest BCUT2D eigenvalue weighted by molar-refractivity contribution is 7.11. The SMILES string of the molecule is CC1=CC(=O)C(C(C)C)=C/C1=N/OC(=O)c1cccs1. The van der Waals surface area contributed by atoms with Crippen LogP contribution in [0.5, 0.6) is 0 Å². The molecule has 4 nitrogen and oxygen atoms in total. The van der Waals surface area contributed by atoms with E-state index in [0.717, 1.165) is 0 Å². The molecule has 0 unspecified atom stereocenters. The van der Waals surface area contributed by atoms with E-state index in [1.807, 2.05) is 13.8 Å². The standard InChI is InChI=1S/C15H15NO3S/c1-9(2)11-8-12(10(3)7-13(11)17)16-19-15(18)14-5-4-6-20-14/h4-9H,1-3H3/b16-12-. The van der Waals surface area contributed by atoms with Crippen molar-refractivity contribution in [1.29, 1.82) is 0 Å². The number of oxime groups is 1. The molecule has 1 aromatic heterocycles. The molecule has 0 atom stereocenters. The molecule has 0 bridgehead atoms. The van der Waals surface area contributed by atoms with E-state index in [1.54, 1.807) is 30.5 Å². The molecule has 1 aliphatic carbocycles. The summed E-state index contributed by atoms with van der Waals surface area (Å²) in [5.74, 6) is -0.400. The average molecular weight is 289 g/mol. The van der Waals surface area contributed by atoms with Gasteiger partial charge in [0, 0.05) is 5.57 Å². The largest absolute Gasteiger partial charge is 0.375 e. The number of ketones is 1. The van der Waals surface area contributed by atoms with Gasteiger partial charge in [-0.2, -0.15) is 0 Å². The molecule has 0 aliphatic heterocycles. The molecule has 1 aliphatic rings. The summed E-state index contributed by atoms with van der Waals surface area (Å²) in [5, 5.41) is 5.66. The monoisotopic (exact) mass is 289 g/mol. The lowest BCUT2D eigenvalue weighted by atomic mass is 9.90. The van der Waals surface area contributed by atoms with Gasteiger partial charge in [0.1, 0.15) is 10.6 Å². The minimum Gasteiger partial charge on any atom is -0.311 e. The maximum Gasteiger partial charge on any atom is 0.375 e. The van der Waals surface area contributed by atoms with Crippen molar-refractivity contribution in [2.45, 2.75) is 20.8 Å². The van der Waals surface area contributed by atoms with Gasteiger partial charge in [-0.05, 0) is 42.0 Å². The van der Waals surface area contributed by atoms with Gasteiger partial charge in [-0.1, -0.05) is 25.1 Å². The molecule has 0 N–H and O–H groups in total. The number of carbonyl (C=O) groups excluding carboxylic acids is 2. The number of hydrogen-bond acceptors (Lipinski definition) is 5. The Balaban J connectivity index is 2.18. The number of hydrogen-bond donors (Lipinski definition) is 0. The number of carbonyl (C=O) groups is 2. The first-order chi connectivity index (χ1) is 9.49. The van der Waals surface area contributed by atoms with Gasteiger partial charge in [0.2, 0.25) is 0 Å². The Labute approximate surface area is 121 Å². The van der Waals surface area contributed by atoms with Gasteiger partial charge in [0.25, 0.3) is 0 Å². The Morgan fingerprint density at radius 3 is 2.70 bits per heavy atom. The summed E-state index contributed by atoms with van der Waals surface area (Å²) < 4.78 is 0. The second kappa shape index (κ2) is 5.96. The van der Waals surface area contributed by atoms with E-state index in [2.05, 4.69) is 5.16 Å². The van der Waals surface area contributed by atoms with Crippen molar-refractivity contribution in [3.05, 3.63) is 45.7 Å². The fraction of sp³-hybridized carbons (Fsp3) is 0.267. The molecule has 0 saturated heterocycles. The Morgan fingerprint density at radius 2 is 2.10 bits per heavy atom. The Hall–Kier alpha value is -2.01. The van der Waals surface area contributed by atoms with Crippen molar-refractivity contribution in [2.24, 2.45) is 11.1 Å². The van der Waals surface area contributed by atoms with Crippen LogP contribution in [-0.2, 0) is 9.63 Å². The predicted molar refractivity (Wildman–Crippen MR) is 78.9 cm³/mol. The zero-order valence-corrected chi connectivity index (χ0v) is 12.4. The van der Waals surface area contributed by atoms with Gasteiger partial charge in [-0.3, -0.25) is 4.79 Å². The van der Waals surface area contributed by atoms with E-state index in [1.165, 1.54) is 17.4 Å². The first-order valence-corrected chi connectivity index (χ1v) is 7.14. The van der Waals surface area contributed by atoms with Crippen LogP contribution < -0.4 is 0 Å². The van der Waals surface area contributed by atoms with Gasteiger partial charge < -0.3 is 4.84 Å². The molecule has 5 heteroatoms. The summed E-state index contributed by atoms with van der Waals surface area (Å²) >= 11 is 1.30. The smallest absolute Gasteiger partial charge is 0.311 e. The maximum absolute atomic E-state index is 11.8. The molecular formula is C15H15NO3S. The molecule has 20 heavy (non-hydrogen) atoms. The average Bonchev–Trinajstić information content (AvgIpc) is 2.90. The Bertz CT molecular complexity index is 622. The third kappa shape index (κ3) is 3.11. The fourth-order valence-corrected chi connectivity index (χ4v) is 2.36. The van der Waals surface area contributed by atoms with Crippen LogP contribution in [0, 0.1) is 5.92 Å². The van der Waals surface area contributed by atoms with Crippen LogP contribution in [0.2, 0.25) is 0 Å². The lowest BCUT2D eigenvalue weighted by Gasteiger charge is -2.14. The van der Waals surface area contributed by atoms with E-state index in [9.17, 15) is 9.59 Å². The third-order valence-corrected chi connectivity index (χ3v) is 3.75. The van der Waals surface area contributed by atoms with E-state index in [4.69, 9.17) is 4.84 Å². The van der Waals surface area contributed by atoms with Crippen molar-refractivity contribution in [1.82, 2.24) is 0 Å². The number of allylic oxidation sites excluding steroid dienone is 4. The van der Waals surface area contributed by atoms with Gasteiger partial charge >= 0.3 is 5.97 Å². The van der Waals surface area contributed by atoms with Crippen LogP contribution in [0.15, 0.2) is 46.0 Å². The number of thiophene rings is 1. The molecule has 0 spiro atoms. The summed E-state index contributed by atoms with van der Waals surface area (Å²) in [7, 11) is 0. The van der Waals surface area contributed by atoms with Crippen molar-refractivity contribution in [2.75, 3.05) is 0 Å². The third-order valence-electron chi connectivity index (χ3n) is 2.90. The highest BCUT2D eigenvalue weighted by Gasteiger charge is 2.19. The minimum absolute atomic E-state index is 0.0129. The number of rotatable bonds is 3. The van der Waals surface area contributed by atoms with Crippen LogP contribution in [-0.4, -0.2) is 17.5 Å². The predicted octanol–water partition coefficient (Wildman–Crippen LogP) is 3.37. The molecule has 1 aromatic rings. The first kappa shape index (κ1) is 14.4. The Morgan fingerprint density at radius 1 is 1.35 bits per heavy atom. The second-order valence-corrected chi connectivity index (χ2v) is 5.73. The van der Waals surface area contributed by atoms with Crippen molar-refractivity contribution in [3.8, 4) is 0 Å². The van der Waals surface area contributed by atoms with Gasteiger partial charge in [0.05, 0.1) is 0 Å². The van der Waals surface area contributed by atoms with Crippen LogP contribution >= 0.6 is 11.3 Å². The molecule has 0 fully saturated rings. The first-order valence-electron chi connectivity index (χ1n) is 6.26. The van der Waals surface area contributed by atoms with Gasteiger partial charge in [-0.25, -0.2) is 4.79 Å². The van der Waals surface area contributed by atoms with Crippen LogP contribution in [0.4, 0.5) is 0 Å². The highest BCUT2D eigenvalue weighted by atomic mass is 32.1. The summed E-state index contributed by atoms with van der Waals surface area (Å²) in [6.07, 6.45) is 3.21. The van der Waals surface area contributed by atoms with Crippen molar-refractivity contribution < 1.29 is 14.4 Å². The Kier molecular flexibility index (Phi) is 4.29. The fourth-order valence-electron chi connectivity index (χ4n) is 1.77. The summed E-state index contributed by atoms with van der Waals surface area (Å²) in [6.45, 7) is 5.64. The highest BCUT2D eigenvalue weighted by Crippen LogP contribution is 2.19. The second-order valence-electron chi connectivity index (χ2n) is 4.78. The van der Waals surface area contributed by atoms with E-state index in [0.29, 0.717) is 21.7 Å². The van der Waals surface area contributed by atoms with Gasteiger partial charge in [0.15, 0.2) is 5.78 Å². The van der Waals surface area contributed by atoms with Crippen molar-refractivity contribution >= 4 is 28.8 Å². The minimum atomic E-state index is -0.489. The molecule has 0 saturated carbocycles. The lowest BCUT2D eigenvalue weighted by Crippen LogP contribution is -2.16. The molecular weight excluding hydrogens is 274 g/mol. The molecule has 0 amide bonds. The molecule has 0 radical (unpaired) electrons. The zero-order valence-electron chi connectivity index (χ0n) is 11.5. The summed E-state index contributed by atoms with van der Waals surface area (Å²) in [4.78, 5) is 28.9. The molecule has 0 aromatic carbocycles. The maximum atomic E-state index is 11.8. The molecule has 2 rings (SSSR count). The van der Waals surface area contributed by atoms with Crippen LogP contribution in [0.25, 0.3) is 0 Å². The van der Waals surface area contributed by atoms with E-state index < -0.39 is 5.97 Å². The topological polar surface area (TPSA) is 55.7 Å². The van der Waals surface area contributed by atoms with Crippen LogP contribution in [0.1, 0.15) is 30.4 Å². The molecule has 1 heterocycles. The summed E-state index contributed by atoms with van der Waals surface area (Å²) in [6, 6.07) is 3.45. The van der Waals surface area contributed by atoms with E-state index >= 15 is 0 Å². The quantitative estimate of drug-likeness (QED) is 0.487. The lowest BCUT2D eigenvalue weighted by molar-refractivity contribution is -0.111.